The van der Waals surface area contributed by atoms with Crippen molar-refractivity contribution in [2.24, 2.45) is 5.92 Å². The van der Waals surface area contributed by atoms with Crippen LogP contribution in [0.4, 0.5) is 0 Å². The molecule has 1 saturated heterocycles. The molecule has 1 aromatic rings. The molecule has 4 heteroatoms. The Labute approximate surface area is 117 Å². The van der Waals surface area contributed by atoms with Crippen LogP contribution in [0.25, 0.3) is 5.57 Å². The van der Waals surface area contributed by atoms with Crippen molar-refractivity contribution in [1.29, 1.82) is 0 Å². The Morgan fingerprint density at radius 3 is 3.06 bits per heavy atom. The summed E-state index contributed by atoms with van der Waals surface area (Å²) in [4.78, 5) is 4.13. The van der Waals surface area contributed by atoms with E-state index in [0.29, 0.717) is 16.2 Å². The molecule has 1 N–H and O–H groups in total. The van der Waals surface area contributed by atoms with Gasteiger partial charge in [-0.15, -0.1) is 0 Å². The molecular weight excluding hydrogens is 267 g/mol. The van der Waals surface area contributed by atoms with Gasteiger partial charge in [-0.2, -0.15) is 0 Å². The van der Waals surface area contributed by atoms with Crippen LogP contribution in [0.3, 0.4) is 0 Å². The fraction of sp³-hybridized carbons (Fsp3) is 0.500. The molecule has 18 heavy (non-hydrogen) atoms. The van der Waals surface area contributed by atoms with Gasteiger partial charge in [-0.3, -0.25) is 0 Å². The van der Waals surface area contributed by atoms with Gasteiger partial charge < -0.3 is 5.32 Å². The quantitative estimate of drug-likeness (QED) is 0.790. The van der Waals surface area contributed by atoms with E-state index in [0.717, 1.165) is 30.9 Å². The lowest BCUT2D eigenvalue weighted by atomic mass is 9.78. The van der Waals surface area contributed by atoms with Crippen LogP contribution in [-0.4, -0.2) is 17.6 Å². The fourth-order valence-corrected chi connectivity index (χ4v) is 3.26. The molecule has 1 aromatic heterocycles. The fourth-order valence-electron chi connectivity index (χ4n) is 2.99. The van der Waals surface area contributed by atoms with E-state index in [1.807, 2.05) is 12.3 Å². The number of hydrogen-bond donors (Lipinski definition) is 1. The third kappa shape index (κ3) is 2.42. The first-order valence-electron chi connectivity index (χ1n) is 6.48. The van der Waals surface area contributed by atoms with E-state index < -0.39 is 0 Å². The maximum Gasteiger partial charge on any atom is 0.147 e. The van der Waals surface area contributed by atoms with E-state index in [1.165, 1.54) is 18.4 Å². The van der Waals surface area contributed by atoms with Crippen molar-refractivity contribution in [3.05, 3.63) is 34.1 Å². The summed E-state index contributed by atoms with van der Waals surface area (Å²) >= 11 is 11.9. The van der Waals surface area contributed by atoms with Crippen molar-refractivity contribution in [2.45, 2.75) is 31.7 Å². The standard InChI is InChI=1S/C14H16Cl2N2/c15-12-6-11(8-18-14(12)16)10-4-3-9-2-1-5-17-13(9)7-10/h4,6,8-9,13,17H,1-3,5,7H2/t9-,13+/m1/s1. The zero-order valence-corrected chi connectivity index (χ0v) is 11.6. The number of fused-ring (bicyclic) bond motifs is 1. The monoisotopic (exact) mass is 282 g/mol. The molecule has 2 nitrogen and oxygen atoms in total. The average molecular weight is 283 g/mol. The number of pyridine rings is 1. The Kier molecular flexibility index (Phi) is 3.60. The van der Waals surface area contributed by atoms with Gasteiger partial charge in [0.25, 0.3) is 0 Å². The highest BCUT2D eigenvalue weighted by Crippen LogP contribution is 2.35. The summed E-state index contributed by atoms with van der Waals surface area (Å²) in [6.07, 6.45) is 9.05. The van der Waals surface area contributed by atoms with Crippen LogP contribution in [0.2, 0.25) is 10.2 Å². The zero-order valence-electron chi connectivity index (χ0n) is 10.1. The smallest absolute Gasteiger partial charge is 0.147 e. The molecule has 3 rings (SSSR count). The number of rotatable bonds is 1. The van der Waals surface area contributed by atoms with Crippen LogP contribution >= 0.6 is 23.2 Å². The largest absolute Gasteiger partial charge is 0.313 e. The second-order valence-electron chi connectivity index (χ2n) is 5.13. The van der Waals surface area contributed by atoms with Crippen LogP contribution in [0.1, 0.15) is 31.2 Å². The number of aromatic nitrogens is 1. The second kappa shape index (κ2) is 5.20. The lowest BCUT2D eigenvalue weighted by molar-refractivity contribution is 0.278. The number of allylic oxidation sites excluding steroid dienone is 1. The molecule has 0 aromatic carbocycles. The van der Waals surface area contributed by atoms with E-state index in [1.54, 1.807) is 0 Å². The van der Waals surface area contributed by atoms with Crippen molar-refractivity contribution < 1.29 is 0 Å². The Bertz CT molecular complexity index is 485. The minimum absolute atomic E-state index is 0.380. The van der Waals surface area contributed by atoms with Crippen LogP contribution < -0.4 is 5.32 Å². The highest BCUT2D eigenvalue weighted by atomic mass is 35.5. The Hall–Kier alpha value is -0.570. The molecule has 2 atom stereocenters. The van der Waals surface area contributed by atoms with E-state index >= 15 is 0 Å². The van der Waals surface area contributed by atoms with Crippen molar-refractivity contribution in [2.75, 3.05) is 6.54 Å². The highest BCUT2D eigenvalue weighted by molar-refractivity contribution is 6.41. The van der Waals surface area contributed by atoms with Gasteiger partial charge in [-0.1, -0.05) is 29.3 Å². The molecule has 2 heterocycles. The number of piperidine rings is 1. The lowest BCUT2D eigenvalue weighted by Gasteiger charge is -2.36. The van der Waals surface area contributed by atoms with Crippen LogP contribution in [0.5, 0.6) is 0 Å². The highest BCUT2D eigenvalue weighted by Gasteiger charge is 2.28. The summed E-state index contributed by atoms with van der Waals surface area (Å²) in [6.45, 7) is 1.15. The molecule has 1 aliphatic carbocycles. The molecule has 0 saturated carbocycles. The van der Waals surface area contributed by atoms with E-state index in [-0.39, 0.29) is 0 Å². The van der Waals surface area contributed by atoms with E-state index in [4.69, 9.17) is 23.2 Å². The third-order valence-electron chi connectivity index (χ3n) is 4.00. The normalized spacial score (nSPS) is 27.6. The van der Waals surface area contributed by atoms with Gasteiger partial charge in [-0.05, 0) is 55.3 Å². The van der Waals surface area contributed by atoms with Gasteiger partial charge in [0.2, 0.25) is 0 Å². The summed E-state index contributed by atoms with van der Waals surface area (Å²) in [5.74, 6) is 0.804. The summed E-state index contributed by atoms with van der Waals surface area (Å²) < 4.78 is 0. The minimum atomic E-state index is 0.380. The SMILES string of the molecule is Clc1cc(C2=CC[C@H]3CCCN[C@H]3C2)cnc1Cl. The first-order valence-corrected chi connectivity index (χ1v) is 7.23. The summed E-state index contributed by atoms with van der Waals surface area (Å²) in [5, 5.41) is 4.54. The maximum absolute atomic E-state index is 6.03. The molecule has 0 radical (unpaired) electrons. The molecule has 0 spiro atoms. The number of halogens is 2. The molecule has 0 amide bonds. The molecule has 0 bridgehead atoms. The predicted molar refractivity (Wildman–Crippen MR) is 76.0 cm³/mol. The summed E-state index contributed by atoms with van der Waals surface area (Å²) in [6, 6.07) is 2.54. The van der Waals surface area contributed by atoms with Crippen molar-refractivity contribution in [3.8, 4) is 0 Å². The number of hydrogen-bond acceptors (Lipinski definition) is 2. The van der Waals surface area contributed by atoms with Gasteiger partial charge in [-0.25, -0.2) is 4.98 Å². The van der Waals surface area contributed by atoms with Crippen LogP contribution in [0, 0.1) is 5.92 Å². The van der Waals surface area contributed by atoms with Gasteiger partial charge in [0.05, 0.1) is 5.02 Å². The minimum Gasteiger partial charge on any atom is -0.313 e. The average Bonchev–Trinajstić information content (AvgIpc) is 2.41. The van der Waals surface area contributed by atoms with Gasteiger partial charge >= 0.3 is 0 Å². The molecule has 0 unspecified atom stereocenters. The lowest BCUT2D eigenvalue weighted by Crippen LogP contribution is -2.42. The van der Waals surface area contributed by atoms with Crippen molar-refractivity contribution >= 4 is 28.8 Å². The molecule has 2 aliphatic rings. The van der Waals surface area contributed by atoms with Gasteiger partial charge in [0, 0.05) is 12.2 Å². The number of nitrogens with zero attached hydrogens (tertiary/aromatic N) is 1. The van der Waals surface area contributed by atoms with Gasteiger partial charge in [0.1, 0.15) is 5.15 Å². The van der Waals surface area contributed by atoms with Crippen molar-refractivity contribution in [1.82, 2.24) is 10.3 Å². The maximum atomic E-state index is 6.03. The van der Waals surface area contributed by atoms with Gasteiger partial charge in [0.15, 0.2) is 0 Å². The van der Waals surface area contributed by atoms with Crippen LogP contribution in [-0.2, 0) is 0 Å². The second-order valence-corrected chi connectivity index (χ2v) is 5.89. The zero-order chi connectivity index (χ0) is 12.5. The first kappa shape index (κ1) is 12.5. The Morgan fingerprint density at radius 1 is 1.33 bits per heavy atom. The van der Waals surface area contributed by atoms with Crippen LogP contribution in [0.15, 0.2) is 18.3 Å². The molecular formula is C14H16Cl2N2. The topological polar surface area (TPSA) is 24.9 Å². The third-order valence-corrected chi connectivity index (χ3v) is 4.69. The van der Waals surface area contributed by atoms with E-state index in [9.17, 15) is 0 Å². The van der Waals surface area contributed by atoms with Crippen molar-refractivity contribution in [3.63, 3.8) is 0 Å². The molecule has 1 fully saturated rings. The molecule has 96 valence electrons. The summed E-state index contributed by atoms with van der Waals surface area (Å²) in [7, 11) is 0. The summed E-state index contributed by atoms with van der Waals surface area (Å²) in [5.41, 5.74) is 2.45. The Balaban J connectivity index is 1.84. The Morgan fingerprint density at radius 2 is 2.22 bits per heavy atom. The number of nitrogens with one attached hydrogen (secondary N) is 1. The first-order chi connectivity index (χ1) is 8.74. The van der Waals surface area contributed by atoms with E-state index in [2.05, 4.69) is 16.4 Å². The molecule has 1 aliphatic heterocycles. The predicted octanol–water partition coefficient (Wildman–Crippen LogP) is 3.93.